The van der Waals surface area contributed by atoms with Gasteiger partial charge in [-0.2, -0.15) is 0 Å². The van der Waals surface area contributed by atoms with Crippen molar-refractivity contribution in [3.63, 3.8) is 0 Å². The van der Waals surface area contributed by atoms with Gasteiger partial charge in [-0.1, -0.05) is 29.8 Å². The van der Waals surface area contributed by atoms with Crippen LogP contribution in [0.2, 0.25) is 5.02 Å². The van der Waals surface area contributed by atoms with Crippen LogP contribution in [-0.2, 0) is 6.61 Å². The van der Waals surface area contributed by atoms with Gasteiger partial charge in [-0.3, -0.25) is 10.1 Å². The van der Waals surface area contributed by atoms with Crippen LogP contribution in [0.5, 0.6) is 11.5 Å². The molecule has 0 heterocycles. The molecule has 0 bridgehead atoms. The maximum Gasteiger partial charge on any atom is 0.235 e. The molecule has 22 heavy (non-hydrogen) atoms. The molecule has 0 fully saturated rings. The molecule has 0 saturated carbocycles. The molecule has 0 aliphatic carbocycles. The Hall–Kier alpha value is -2.53. The molecule has 0 unspecified atom stereocenters. The van der Waals surface area contributed by atoms with Crippen LogP contribution in [0.25, 0.3) is 6.08 Å². The third-order valence-corrected chi connectivity index (χ3v) is 3.14. The predicted molar refractivity (Wildman–Crippen MR) is 84.8 cm³/mol. The lowest BCUT2D eigenvalue weighted by Gasteiger charge is -2.11. The normalized spacial score (nSPS) is 10.6. The van der Waals surface area contributed by atoms with Crippen LogP contribution in [0, 0.1) is 10.1 Å². The van der Waals surface area contributed by atoms with Gasteiger partial charge in [-0.25, -0.2) is 0 Å². The second-order valence-electron chi connectivity index (χ2n) is 4.43. The molecule has 114 valence electrons. The highest BCUT2D eigenvalue weighted by Gasteiger charge is 2.06. The largest absolute Gasteiger partial charge is 0.493 e. The van der Waals surface area contributed by atoms with Crippen molar-refractivity contribution in [3.8, 4) is 11.5 Å². The van der Waals surface area contributed by atoms with Gasteiger partial charge in [0.15, 0.2) is 11.5 Å². The third kappa shape index (κ3) is 4.49. The topological polar surface area (TPSA) is 61.6 Å². The van der Waals surface area contributed by atoms with Crippen LogP contribution in [0.1, 0.15) is 11.1 Å². The van der Waals surface area contributed by atoms with Gasteiger partial charge < -0.3 is 9.47 Å². The van der Waals surface area contributed by atoms with Crippen molar-refractivity contribution in [2.24, 2.45) is 0 Å². The van der Waals surface area contributed by atoms with E-state index in [1.54, 1.807) is 30.3 Å². The number of methoxy groups -OCH3 is 1. The molecule has 0 saturated heterocycles. The fourth-order valence-corrected chi connectivity index (χ4v) is 1.92. The zero-order valence-electron chi connectivity index (χ0n) is 11.9. The Balaban J connectivity index is 2.10. The fraction of sp³-hybridized carbons (Fsp3) is 0.125. The number of hydrogen-bond donors (Lipinski definition) is 0. The smallest absolute Gasteiger partial charge is 0.235 e. The molecule has 0 atom stereocenters. The number of nitrogens with zero attached hydrogens (tertiary/aromatic N) is 1. The predicted octanol–water partition coefficient (Wildman–Crippen LogP) is 4.18. The molecule has 5 nitrogen and oxygen atoms in total. The van der Waals surface area contributed by atoms with Crippen molar-refractivity contribution >= 4 is 17.7 Å². The molecule has 0 aliphatic rings. The van der Waals surface area contributed by atoms with Crippen molar-refractivity contribution in [2.75, 3.05) is 7.11 Å². The highest BCUT2D eigenvalue weighted by Crippen LogP contribution is 2.29. The Morgan fingerprint density at radius 2 is 1.91 bits per heavy atom. The molecule has 0 amide bonds. The summed E-state index contributed by atoms with van der Waals surface area (Å²) in [5.74, 6) is 1.08. The van der Waals surface area contributed by atoms with Gasteiger partial charge in [-0.05, 0) is 35.4 Å². The fourth-order valence-electron chi connectivity index (χ4n) is 1.80. The molecule has 2 aromatic carbocycles. The first-order valence-corrected chi connectivity index (χ1v) is 6.83. The van der Waals surface area contributed by atoms with Crippen LogP contribution < -0.4 is 9.47 Å². The minimum Gasteiger partial charge on any atom is -0.493 e. The average molecular weight is 320 g/mol. The maximum absolute atomic E-state index is 10.3. The molecule has 0 aliphatic heterocycles. The van der Waals surface area contributed by atoms with E-state index in [9.17, 15) is 10.1 Å². The molecular weight excluding hydrogens is 306 g/mol. The monoisotopic (exact) mass is 319 g/mol. The minimum atomic E-state index is -0.516. The van der Waals surface area contributed by atoms with E-state index in [1.807, 2.05) is 12.1 Å². The van der Waals surface area contributed by atoms with E-state index in [1.165, 1.54) is 13.2 Å². The van der Waals surface area contributed by atoms with Gasteiger partial charge in [0, 0.05) is 11.1 Å². The van der Waals surface area contributed by atoms with Gasteiger partial charge >= 0.3 is 0 Å². The van der Waals surface area contributed by atoms with E-state index in [2.05, 4.69) is 0 Å². The Bertz CT molecular complexity index is 683. The highest BCUT2D eigenvalue weighted by molar-refractivity contribution is 6.30. The quantitative estimate of drug-likeness (QED) is 0.592. The number of halogens is 1. The standard InChI is InChI=1S/C16H14ClNO4/c1-21-16-10-12(8-9-18(19)20)4-7-15(16)22-11-13-2-5-14(17)6-3-13/h2-10H,11H2,1H3/b9-8-. The summed E-state index contributed by atoms with van der Waals surface area (Å²) in [5, 5.41) is 11.0. The zero-order chi connectivity index (χ0) is 15.9. The molecule has 0 aromatic heterocycles. The first kappa shape index (κ1) is 15.9. The zero-order valence-corrected chi connectivity index (χ0v) is 12.6. The Morgan fingerprint density at radius 1 is 1.18 bits per heavy atom. The number of nitro groups is 1. The Morgan fingerprint density at radius 3 is 2.55 bits per heavy atom. The SMILES string of the molecule is COc1cc(/C=C\[N+](=O)[O-])ccc1OCc1ccc(Cl)cc1. The summed E-state index contributed by atoms with van der Waals surface area (Å²) < 4.78 is 11.0. The lowest BCUT2D eigenvalue weighted by molar-refractivity contribution is -0.400. The van der Waals surface area contributed by atoms with Crippen molar-refractivity contribution in [2.45, 2.75) is 6.61 Å². The summed E-state index contributed by atoms with van der Waals surface area (Å²) in [4.78, 5) is 9.81. The van der Waals surface area contributed by atoms with Crippen LogP contribution in [-0.4, -0.2) is 12.0 Å². The van der Waals surface area contributed by atoms with Gasteiger partial charge in [0.2, 0.25) is 6.20 Å². The number of benzene rings is 2. The average Bonchev–Trinajstić information content (AvgIpc) is 2.52. The van der Waals surface area contributed by atoms with E-state index in [-0.39, 0.29) is 0 Å². The summed E-state index contributed by atoms with van der Waals surface area (Å²) in [6, 6.07) is 12.5. The third-order valence-electron chi connectivity index (χ3n) is 2.88. The second kappa shape index (κ2) is 7.47. The summed E-state index contributed by atoms with van der Waals surface area (Å²) in [6.45, 7) is 0.373. The molecule has 6 heteroatoms. The van der Waals surface area contributed by atoms with E-state index < -0.39 is 4.92 Å². The Labute approximate surface area is 132 Å². The number of ether oxygens (including phenoxy) is 2. The molecule has 2 aromatic rings. The summed E-state index contributed by atoms with van der Waals surface area (Å²) >= 11 is 5.83. The molecule has 0 radical (unpaired) electrons. The van der Waals surface area contributed by atoms with Crippen LogP contribution in [0.3, 0.4) is 0 Å². The van der Waals surface area contributed by atoms with Gasteiger partial charge in [0.1, 0.15) is 6.61 Å². The minimum absolute atomic E-state index is 0.373. The molecular formula is C16H14ClNO4. The summed E-state index contributed by atoms with van der Waals surface area (Å²) in [5.41, 5.74) is 1.64. The van der Waals surface area contributed by atoms with Crippen molar-refractivity contribution < 1.29 is 14.4 Å². The lowest BCUT2D eigenvalue weighted by atomic mass is 10.2. The van der Waals surface area contributed by atoms with Crippen molar-refractivity contribution in [3.05, 3.63) is 74.9 Å². The van der Waals surface area contributed by atoms with Crippen molar-refractivity contribution in [1.29, 1.82) is 0 Å². The van der Waals surface area contributed by atoms with Crippen LogP contribution >= 0.6 is 11.6 Å². The highest BCUT2D eigenvalue weighted by atomic mass is 35.5. The number of rotatable bonds is 6. The lowest BCUT2D eigenvalue weighted by Crippen LogP contribution is -1.97. The molecule has 0 N–H and O–H groups in total. The second-order valence-corrected chi connectivity index (χ2v) is 4.86. The molecule has 0 spiro atoms. The van der Waals surface area contributed by atoms with E-state index in [0.29, 0.717) is 28.7 Å². The van der Waals surface area contributed by atoms with Gasteiger partial charge in [0.05, 0.1) is 12.0 Å². The van der Waals surface area contributed by atoms with E-state index >= 15 is 0 Å². The maximum atomic E-state index is 10.3. The molecule has 2 rings (SSSR count). The van der Waals surface area contributed by atoms with Gasteiger partial charge in [0.25, 0.3) is 0 Å². The van der Waals surface area contributed by atoms with E-state index in [4.69, 9.17) is 21.1 Å². The van der Waals surface area contributed by atoms with Crippen molar-refractivity contribution in [1.82, 2.24) is 0 Å². The number of hydrogen-bond acceptors (Lipinski definition) is 4. The van der Waals surface area contributed by atoms with Crippen LogP contribution in [0.4, 0.5) is 0 Å². The van der Waals surface area contributed by atoms with Gasteiger partial charge in [-0.15, -0.1) is 0 Å². The first-order chi connectivity index (χ1) is 10.6. The summed E-state index contributed by atoms with van der Waals surface area (Å²) in [6.07, 6.45) is 2.27. The first-order valence-electron chi connectivity index (χ1n) is 6.45. The Kier molecular flexibility index (Phi) is 5.38. The summed E-state index contributed by atoms with van der Waals surface area (Å²) in [7, 11) is 1.52. The van der Waals surface area contributed by atoms with Crippen LogP contribution in [0.15, 0.2) is 48.7 Å². The van der Waals surface area contributed by atoms with E-state index in [0.717, 1.165) is 11.8 Å².